The molecule has 0 bridgehead atoms. The quantitative estimate of drug-likeness (QED) is 0.461. The normalized spacial score (nSPS) is 26.2. The lowest BCUT2D eigenvalue weighted by Crippen LogP contribution is -2.56. The SMILES string of the molecule is CSCC[C@@H]1N[C@]2(C(=O)N(CC(=O)N3CCc4ccccc43)c3ccccc32)[C@H]2C(=O)N(c3ccccc3)C(=O)[C@@H]12. The van der Waals surface area contributed by atoms with E-state index in [-0.39, 0.29) is 36.2 Å². The van der Waals surface area contributed by atoms with Gasteiger partial charge in [-0.1, -0.05) is 54.6 Å². The molecule has 0 radical (unpaired) electrons. The zero-order valence-corrected chi connectivity index (χ0v) is 23.5. The van der Waals surface area contributed by atoms with Gasteiger partial charge in [-0.2, -0.15) is 11.8 Å². The number of hydrogen-bond donors (Lipinski definition) is 1. The van der Waals surface area contributed by atoms with Crippen LogP contribution >= 0.6 is 11.8 Å². The first-order valence-corrected chi connectivity index (χ1v) is 15.4. The lowest BCUT2D eigenvalue weighted by Gasteiger charge is -2.31. The zero-order valence-electron chi connectivity index (χ0n) is 22.7. The number of thioether (sulfide) groups is 1. The van der Waals surface area contributed by atoms with Crippen molar-refractivity contribution in [1.82, 2.24) is 5.32 Å². The summed E-state index contributed by atoms with van der Waals surface area (Å²) in [5.41, 5.74) is 2.32. The first-order chi connectivity index (χ1) is 20.0. The van der Waals surface area contributed by atoms with Gasteiger partial charge in [-0.15, -0.1) is 0 Å². The number of imide groups is 1. The summed E-state index contributed by atoms with van der Waals surface area (Å²) in [6.45, 7) is 0.413. The number of fused-ring (bicyclic) bond motifs is 5. The van der Waals surface area contributed by atoms with E-state index >= 15 is 0 Å². The number of rotatable bonds is 6. The molecular weight excluding hydrogens is 536 g/mol. The molecule has 2 saturated heterocycles. The van der Waals surface area contributed by atoms with E-state index in [4.69, 9.17) is 0 Å². The molecule has 4 heterocycles. The second-order valence-corrected chi connectivity index (χ2v) is 12.0. The fraction of sp³-hybridized carbons (Fsp3) is 0.312. The van der Waals surface area contributed by atoms with Crippen LogP contribution in [-0.4, -0.2) is 54.8 Å². The molecule has 4 atom stereocenters. The fourth-order valence-corrected chi connectivity index (χ4v) is 7.74. The van der Waals surface area contributed by atoms with Crippen LogP contribution < -0.4 is 20.0 Å². The van der Waals surface area contributed by atoms with Gasteiger partial charge in [0.1, 0.15) is 12.1 Å². The number of hydrogen-bond acceptors (Lipinski definition) is 6. The van der Waals surface area contributed by atoms with Crippen LogP contribution in [0, 0.1) is 11.8 Å². The summed E-state index contributed by atoms with van der Waals surface area (Å²) in [6, 6.07) is 23.7. The topological polar surface area (TPSA) is 90.0 Å². The molecule has 0 unspecified atom stereocenters. The Morgan fingerprint density at radius 1 is 0.927 bits per heavy atom. The number of nitrogens with one attached hydrogen (secondary N) is 1. The molecule has 7 rings (SSSR count). The molecule has 3 aromatic rings. The van der Waals surface area contributed by atoms with Gasteiger partial charge in [-0.3, -0.25) is 24.5 Å². The minimum Gasteiger partial charge on any atom is -0.310 e. The summed E-state index contributed by atoms with van der Waals surface area (Å²) >= 11 is 1.66. The molecule has 1 spiro atoms. The van der Waals surface area contributed by atoms with Crippen LogP contribution in [0.4, 0.5) is 17.1 Å². The van der Waals surface area contributed by atoms with Crippen molar-refractivity contribution in [3.8, 4) is 0 Å². The average molecular weight is 567 g/mol. The molecule has 4 amide bonds. The van der Waals surface area contributed by atoms with E-state index in [1.54, 1.807) is 40.9 Å². The Labute approximate surface area is 242 Å². The molecular formula is C32H30N4O4S. The minimum absolute atomic E-state index is 0.148. The fourth-order valence-electron chi connectivity index (χ4n) is 7.25. The number of carbonyl (C=O) groups is 4. The minimum atomic E-state index is -1.43. The van der Waals surface area contributed by atoms with Crippen molar-refractivity contribution in [3.05, 3.63) is 90.0 Å². The second-order valence-electron chi connectivity index (χ2n) is 11.0. The first-order valence-electron chi connectivity index (χ1n) is 14.0. The lowest BCUT2D eigenvalue weighted by molar-refractivity contribution is -0.132. The van der Waals surface area contributed by atoms with E-state index in [0.29, 0.717) is 29.9 Å². The van der Waals surface area contributed by atoms with Crippen LogP contribution in [0.2, 0.25) is 0 Å². The van der Waals surface area contributed by atoms with Gasteiger partial charge < -0.3 is 9.80 Å². The highest BCUT2D eigenvalue weighted by Gasteiger charge is 2.71. The van der Waals surface area contributed by atoms with E-state index in [2.05, 4.69) is 5.32 Å². The van der Waals surface area contributed by atoms with E-state index in [0.717, 1.165) is 23.4 Å². The number of benzene rings is 3. The van der Waals surface area contributed by atoms with Crippen LogP contribution in [0.3, 0.4) is 0 Å². The van der Waals surface area contributed by atoms with E-state index in [1.165, 1.54) is 9.80 Å². The van der Waals surface area contributed by atoms with Crippen LogP contribution in [-0.2, 0) is 31.1 Å². The Hall–Kier alpha value is -3.95. The summed E-state index contributed by atoms with van der Waals surface area (Å²) in [6.07, 6.45) is 3.40. The molecule has 4 aliphatic heterocycles. The molecule has 1 N–H and O–H groups in total. The Morgan fingerprint density at radius 2 is 1.63 bits per heavy atom. The largest absolute Gasteiger partial charge is 0.310 e. The van der Waals surface area contributed by atoms with Crippen molar-refractivity contribution in [2.75, 3.05) is 39.8 Å². The number of amides is 4. The van der Waals surface area contributed by atoms with Gasteiger partial charge >= 0.3 is 0 Å². The molecule has 4 aliphatic rings. The van der Waals surface area contributed by atoms with Gasteiger partial charge in [0.2, 0.25) is 17.7 Å². The monoisotopic (exact) mass is 566 g/mol. The Balaban J connectivity index is 1.29. The molecule has 208 valence electrons. The van der Waals surface area contributed by atoms with Crippen molar-refractivity contribution >= 4 is 52.5 Å². The standard InChI is InChI=1S/C32H30N4O4S/c1-41-18-16-23-27-28(30(39)36(29(27)38)21-10-3-2-4-11-21)32(33-23)22-12-6-8-14-25(22)35(31(32)40)19-26(37)34-17-15-20-9-5-7-13-24(20)34/h2-14,23,27-28,33H,15-19H2,1H3/t23-,27-,28+,32-/m0/s1. The van der Waals surface area contributed by atoms with E-state index in [1.807, 2.05) is 60.9 Å². The Morgan fingerprint density at radius 3 is 2.41 bits per heavy atom. The summed E-state index contributed by atoms with van der Waals surface area (Å²) < 4.78 is 0. The molecule has 41 heavy (non-hydrogen) atoms. The maximum absolute atomic E-state index is 14.6. The molecule has 0 saturated carbocycles. The van der Waals surface area contributed by atoms with Gasteiger partial charge in [0.05, 0.1) is 17.5 Å². The third-order valence-electron chi connectivity index (χ3n) is 9.00. The highest BCUT2D eigenvalue weighted by molar-refractivity contribution is 7.98. The van der Waals surface area contributed by atoms with E-state index in [9.17, 15) is 19.2 Å². The van der Waals surface area contributed by atoms with Crippen molar-refractivity contribution in [2.45, 2.75) is 24.4 Å². The molecule has 9 heteroatoms. The highest BCUT2D eigenvalue weighted by Crippen LogP contribution is 2.55. The van der Waals surface area contributed by atoms with Crippen molar-refractivity contribution in [2.24, 2.45) is 11.8 Å². The van der Waals surface area contributed by atoms with Gasteiger partial charge in [0, 0.05) is 29.5 Å². The van der Waals surface area contributed by atoms with Crippen molar-refractivity contribution < 1.29 is 19.2 Å². The predicted octanol–water partition coefficient (Wildman–Crippen LogP) is 3.35. The molecule has 0 aromatic heterocycles. The predicted molar refractivity (Wildman–Crippen MR) is 159 cm³/mol. The number of nitrogens with zero attached hydrogens (tertiary/aromatic N) is 3. The number of anilines is 3. The van der Waals surface area contributed by atoms with Crippen LogP contribution in [0.25, 0.3) is 0 Å². The Bertz CT molecular complexity index is 1580. The molecule has 8 nitrogen and oxygen atoms in total. The van der Waals surface area contributed by atoms with Crippen molar-refractivity contribution in [3.63, 3.8) is 0 Å². The summed E-state index contributed by atoms with van der Waals surface area (Å²) in [4.78, 5) is 61.0. The van der Waals surface area contributed by atoms with Crippen LogP contribution in [0.15, 0.2) is 78.9 Å². The lowest BCUT2D eigenvalue weighted by atomic mass is 9.76. The summed E-state index contributed by atoms with van der Waals surface area (Å²) in [5.74, 6) is -2.02. The van der Waals surface area contributed by atoms with Crippen molar-refractivity contribution in [1.29, 1.82) is 0 Å². The maximum atomic E-state index is 14.6. The summed E-state index contributed by atoms with van der Waals surface area (Å²) in [7, 11) is 0. The van der Waals surface area contributed by atoms with Gasteiger partial charge in [-0.05, 0) is 54.7 Å². The highest BCUT2D eigenvalue weighted by atomic mass is 32.2. The first kappa shape index (κ1) is 26.0. The van der Waals surface area contributed by atoms with Gasteiger partial charge in [-0.25, -0.2) is 4.90 Å². The van der Waals surface area contributed by atoms with Crippen LogP contribution in [0.1, 0.15) is 17.5 Å². The van der Waals surface area contributed by atoms with Gasteiger partial charge in [0.15, 0.2) is 0 Å². The van der Waals surface area contributed by atoms with E-state index < -0.39 is 17.4 Å². The number of carbonyl (C=O) groups excluding carboxylic acids is 4. The molecule has 2 fully saturated rings. The molecule has 3 aromatic carbocycles. The second kappa shape index (κ2) is 9.85. The van der Waals surface area contributed by atoms with Gasteiger partial charge in [0.25, 0.3) is 5.91 Å². The summed E-state index contributed by atoms with van der Waals surface area (Å²) in [5, 5.41) is 3.53. The third kappa shape index (κ3) is 3.72. The average Bonchev–Trinajstić information content (AvgIpc) is 3.71. The van der Waals surface area contributed by atoms with Crippen LogP contribution in [0.5, 0.6) is 0 Å². The molecule has 0 aliphatic carbocycles. The number of para-hydroxylation sites is 3. The maximum Gasteiger partial charge on any atom is 0.253 e. The zero-order chi connectivity index (χ0) is 28.3. The smallest absolute Gasteiger partial charge is 0.253 e. The third-order valence-corrected chi connectivity index (χ3v) is 9.64. The Kier molecular flexibility index (Phi) is 6.24.